The zero-order valence-corrected chi connectivity index (χ0v) is 12.6. The molecule has 0 aromatic heterocycles. The Labute approximate surface area is 132 Å². The third-order valence-electron chi connectivity index (χ3n) is 3.87. The second-order valence-corrected chi connectivity index (χ2v) is 5.49. The quantitative estimate of drug-likeness (QED) is 0.868. The van der Waals surface area contributed by atoms with E-state index in [4.69, 9.17) is 9.84 Å². The van der Waals surface area contributed by atoms with Crippen molar-refractivity contribution in [2.24, 2.45) is 0 Å². The molecule has 0 unspecified atom stereocenters. The first-order chi connectivity index (χ1) is 11.0. The summed E-state index contributed by atoms with van der Waals surface area (Å²) >= 11 is 0. The van der Waals surface area contributed by atoms with Gasteiger partial charge in [0, 0.05) is 31.4 Å². The standard InChI is InChI=1S/C16H19F2NO4/c17-12-1-2-14(18)11(9-12)10-15(20)19(6-3-16(21)22)13-4-7-23-8-5-13/h1-2,9,13H,3-8,10H2,(H,21,22). The molecule has 0 bridgehead atoms. The van der Waals surface area contributed by atoms with Crippen molar-refractivity contribution in [2.75, 3.05) is 19.8 Å². The van der Waals surface area contributed by atoms with Crippen LogP contribution in [0.5, 0.6) is 0 Å². The zero-order chi connectivity index (χ0) is 16.8. The number of carboxylic acids is 1. The number of amides is 1. The predicted molar refractivity (Wildman–Crippen MR) is 77.9 cm³/mol. The second kappa shape index (κ2) is 8.01. The van der Waals surface area contributed by atoms with Gasteiger partial charge >= 0.3 is 5.97 Å². The Balaban J connectivity index is 2.11. The van der Waals surface area contributed by atoms with Gasteiger partial charge in [0.2, 0.25) is 5.91 Å². The van der Waals surface area contributed by atoms with E-state index in [-0.39, 0.29) is 31.0 Å². The minimum atomic E-state index is -1.01. The highest BCUT2D eigenvalue weighted by atomic mass is 19.1. The molecule has 1 fully saturated rings. The first-order valence-corrected chi connectivity index (χ1v) is 7.50. The van der Waals surface area contributed by atoms with E-state index in [2.05, 4.69) is 0 Å². The van der Waals surface area contributed by atoms with E-state index in [9.17, 15) is 18.4 Å². The van der Waals surface area contributed by atoms with Crippen LogP contribution < -0.4 is 0 Å². The van der Waals surface area contributed by atoms with Gasteiger partial charge in [-0.2, -0.15) is 0 Å². The number of aliphatic carboxylic acids is 1. The van der Waals surface area contributed by atoms with Crippen LogP contribution in [-0.2, 0) is 20.7 Å². The smallest absolute Gasteiger partial charge is 0.305 e. The lowest BCUT2D eigenvalue weighted by Gasteiger charge is -2.34. The Morgan fingerprint density at radius 3 is 2.61 bits per heavy atom. The van der Waals surface area contributed by atoms with E-state index in [0.29, 0.717) is 26.1 Å². The van der Waals surface area contributed by atoms with E-state index >= 15 is 0 Å². The van der Waals surface area contributed by atoms with Crippen LogP contribution >= 0.6 is 0 Å². The molecule has 7 heteroatoms. The second-order valence-electron chi connectivity index (χ2n) is 5.49. The number of ether oxygens (including phenoxy) is 1. The molecule has 5 nitrogen and oxygen atoms in total. The number of rotatable bonds is 6. The number of halogens is 2. The van der Waals surface area contributed by atoms with Crippen molar-refractivity contribution in [1.82, 2.24) is 4.90 Å². The van der Waals surface area contributed by atoms with Gasteiger partial charge < -0.3 is 14.7 Å². The maximum atomic E-state index is 13.7. The summed E-state index contributed by atoms with van der Waals surface area (Å²) in [7, 11) is 0. The maximum absolute atomic E-state index is 13.7. The van der Waals surface area contributed by atoms with E-state index in [1.165, 1.54) is 4.90 Å². The van der Waals surface area contributed by atoms with Gasteiger partial charge in [-0.1, -0.05) is 0 Å². The third-order valence-corrected chi connectivity index (χ3v) is 3.87. The monoisotopic (exact) mass is 327 g/mol. The van der Waals surface area contributed by atoms with Gasteiger partial charge in [0.1, 0.15) is 11.6 Å². The lowest BCUT2D eigenvalue weighted by Crippen LogP contribution is -2.45. The van der Waals surface area contributed by atoms with E-state index in [1.807, 2.05) is 0 Å². The van der Waals surface area contributed by atoms with Gasteiger partial charge in [-0.05, 0) is 31.0 Å². The number of carboxylic acid groups (broad SMARTS) is 1. The number of nitrogens with zero attached hydrogens (tertiary/aromatic N) is 1. The van der Waals surface area contributed by atoms with Crippen LogP contribution in [0.1, 0.15) is 24.8 Å². The van der Waals surface area contributed by atoms with Crippen LogP contribution in [-0.4, -0.2) is 47.7 Å². The highest BCUT2D eigenvalue weighted by Gasteiger charge is 2.26. The summed E-state index contributed by atoms with van der Waals surface area (Å²) < 4.78 is 32.2. The van der Waals surface area contributed by atoms with E-state index in [0.717, 1.165) is 18.2 Å². The molecule has 0 radical (unpaired) electrons. The fourth-order valence-electron chi connectivity index (χ4n) is 2.67. The third kappa shape index (κ3) is 4.99. The fourth-order valence-corrected chi connectivity index (χ4v) is 2.67. The van der Waals surface area contributed by atoms with Crippen LogP contribution in [0.3, 0.4) is 0 Å². The van der Waals surface area contributed by atoms with Crippen molar-refractivity contribution in [3.8, 4) is 0 Å². The molecular formula is C16H19F2NO4. The Kier molecular flexibility index (Phi) is 6.04. The molecule has 0 atom stereocenters. The summed E-state index contributed by atoms with van der Waals surface area (Å²) in [5, 5.41) is 8.84. The topological polar surface area (TPSA) is 66.8 Å². The highest BCUT2D eigenvalue weighted by molar-refractivity contribution is 5.79. The lowest BCUT2D eigenvalue weighted by molar-refractivity contribution is -0.140. The summed E-state index contributed by atoms with van der Waals surface area (Å²) in [5.74, 6) is -2.67. The highest BCUT2D eigenvalue weighted by Crippen LogP contribution is 2.18. The summed E-state index contributed by atoms with van der Waals surface area (Å²) in [6, 6.07) is 2.83. The molecule has 0 aliphatic carbocycles. The molecule has 2 rings (SSSR count). The fraction of sp³-hybridized carbons (Fsp3) is 0.500. The van der Waals surface area contributed by atoms with Crippen molar-refractivity contribution in [3.05, 3.63) is 35.4 Å². The van der Waals surface area contributed by atoms with Gasteiger partial charge in [0.15, 0.2) is 0 Å². The molecule has 23 heavy (non-hydrogen) atoms. The molecule has 1 saturated heterocycles. The Hall–Kier alpha value is -2.02. The summed E-state index contributed by atoms with van der Waals surface area (Å²) in [4.78, 5) is 24.7. The number of hydrogen-bond acceptors (Lipinski definition) is 3. The molecule has 126 valence electrons. The Morgan fingerprint density at radius 2 is 1.96 bits per heavy atom. The molecule has 1 aromatic carbocycles. The van der Waals surface area contributed by atoms with Crippen molar-refractivity contribution in [3.63, 3.8) is 0 Å². The van der Waals surface area contributed by atoms with Crippen molar-refractivity contribution in [2.45, 2.75) is 31.7 Å². The minimum Gasteiger partial charge on any atom is -0.481 e. The summed E-state index contributed by atoms with van der Waals surface area (Å²) in [6.07, 6.45) is 0.739. The van der Waals surface area contributed by atoms with E-state index < -0.39 is 23.5 Å². The SMILES string of the molecule is O=C(O)CCN(C(=O)Cc1cc(F)ccc1F)C1CCOCC1. The molecule has 0 spiro atoms. The Morgan fingerprint density at radius 1 is 1.26 bits per heavy atom. The molecule has 1 N–H and O–H groups in total. The zero-order valence-electron chi connectivity index (χ0n) is 12.6. The maximum Gasteiger partial charge on any atom is 0.305 e. The van der Waals surface area contributed by atoms with Gasteiger partial charge in [-0.25, -0.2) is 8.78 Å². The van der Waals surface area contributed by atoms with Crippen molar-refractivity contribution < 1.29 is 28.2 Å². The lowest BCUT2D eigenvalue weighted by atomic mass is 10.0. The molecular weight excluding hydrogens is 308 g/mol. The van der Waals surface area contributed by atoms with Crippen LogP contribution in [0.15, 0.2) is 18.2 Å². The van der Waals surface area contributed by atoms with Gasteiger partial charge in [-0.15, -0.1) is 0 Å². The van der Waals surface area contributed by atoms with Gasteiger partial charge in [0.05, 0.1) is 12.8 Å². The number of carbonyl (C=O) groups is 2. The van der Waals surface area contributed by atoms with Crippen molar-refractivity contribution in [1.29, 1.82) is 0 Å². The first kappa shape index (κ1) is 17.3. The van der Waals surface area contributed by atoms with Gasteiger partial charge in [0.25, 0.3) is 0 Å². The van der Waals surface area contributed by atoms with Crippen LogP contribution in [0.4, 0.5) is 8.78 Å². The molecule has 1 heterocycles. The van der Waals surface area contributed by atoms with Gasteiger partial charge in [-0.3, -0.25) is 9.59 Å². The van der Waals surface area contributed by atoms with Crippen molar-refractivity contribution >= 4 is 11.9 Å². The predicted octanol–water partition coefficient (Wildman–Crippen LogP) is 1.99. The Bertz CT molecular complexity index is 573. The van der Waals surface area contributed by atoms with E-state index in [1.54, 1.807) is 0 Å². The number of hydrogen-bond donors (Lipinski definition) is 1. The number of carbonyl (C=O) groups excluding carboxylic acids is 1. The average Bonchev–Trinajstić information content (AvgIpc) is 2.52. The van der Waals surface area contributed by atoms with Crippen LogP contribution in [0, 0.1) is 11.6 Å². The van der Waals surface area contributed by atoms with Crippen LogP contribution in [0.25, 0.3) is 0 Å². The average molecular weight is 327 g/mol. The first-order valence-electron chi connectivity index (χ1n) is 7.50. The number of benzene rings is 1. The molecule has 0 saturated carbocycles. The van der Waals surface area contributed by atoms with Crippen LogP contribution in [0.2, 0.25) is 0 Å². The normalized spacial score (nSPS) is 15.4. The summed E-state index contributed by atoms with van der Waals surface area (Å²) in [6.45, 7) is 1.04. The molecule has 1 amide bonds. The summed E-state index contributed by atoms with van der Waals surface area (Å²) in [5.41, 5.74) is -0.0256. The molecule has 1 aliphatic heterocycles. The molecule has 1 aliphatic rings. The largest absolute Gasteiger partial charge is 0.481 e. The molecule has 1 aromatic rings. The minimum absolute atomic E-state index is 0.0256.